The van der Waals surface area contributed by atoms with E-state index in [9.17, 15) is 4.39 Å². The van der Waals surface area contributed by atoms with Gasteiger partial charge in [-0.3, -0.25) is 0 Å². The zero-order valence-corrected chi connectivity index (χ0v) is 11.8. The summed E-state index contributed by atoms with van der Waals surface area (Å²) < 4.78 is 13.7. The van der Waals surface area contributed by atoms with Crippen LogP contribution < -0.4 is 0 Å². The molecule has 0 saturated carbocycles. The second kappa shape index (κ2) is 4.54. The molecule has 0 unspecified atom stereocenters. The summed E-state index contributed by atoms with van der Waals surface area (Å²) in [5.41, 5.74) is 1.82. The minimum absolute atomic E-state index is 0.169. The van der Waals surface area contributed by atoms with Gasteiger partial charge in [0, 0.05) is 12.0 Å². The molecule has 18 heavy (non-hydrogen) atoms. The van der Waals surface area contributed by atoms with Gasteiger partial charge in [0.15, 0.2) is 0 Å². The van der Waals surface area contributed by atoms with Crippen LogP contribution in [-0.2, 0) is 4.84 Å². The van der Waals surface area contributed by atoms with Crippen molar-refractivity contribution in [3.8, 4) is 0 Å². The Morgan fingerprint density at radius 2 is 2.06 bits per heavy atom. The van der Waals surface area contributed by atoms with Crippen LogP contribution in [0, 0.1) is 5.82 Å². The molecule has 0 aliphatic carbocycles. The summed E-state index contributed by atoms with van der Waals surface area (Å²) in [6.45, 7) is 7.86. The van der Waals surface area contributed by atoms with E-state index in [-0.39, 0.29) is 17.3 Å². The molecule has 0 radical (unpaired) electrons. The fourth-order valence-electron chi connectivity index (χ4n) is 2.03. The van der Waals surface area contributed by atoms with Crippen molar-refractivity contribution in [3.63, 3.8) is 0 Å². The first-order valence-corrected chi connectivity index (χ1v) is 6.42. The van der Waals surface area contributed by atoms with E-state index in [0.717, 1.165) is 5.56 Å². The highest BCUT2D eigenvalue weighted by atomic mass is 35.5. The molecule has 2 nitrogen and oxygen atoms in total. The van der Waals surface area contributed by atoms with Gasteiger partial charge in [-0.25, -0.2) is 4.39 Å². The maximum absolute atomic E-state index is 13.7. The smallest absolute Gasteiger partial charge is 0.137 e. The largest absolute Gasteiger partial charge is 0.389 e. The maximum Gasteiger partial charge on any atom is 0.137 e. The van der Waals surface area contributed by atoms with Crippen LogP contribution in [0.3, 0.4) is 0 Å². The third kappa shape index (κ3) is 2.51. The van der Waals surface area contributed by atoms with Gasteiger partial charge in [-0.1, -0.05) is 30.6 Å². The Labute approximate surface area is 112 Å². The molecular weight excluding hydrogens is 253 g/mol. The summed E-state index contributed by atoms with van der Waals surface area (Å²) in [5.74, 6) is -0.117. The molecule has 1 aromatic rings. The molecule has 2 rings (SSSR count). The summed E-state index contributed by atoms with van der Waals surface area (Å²) in [4.78, 5) is 5.31. The van der Waals surface area contributed by atoms with Crippen molar-refractivity contribution >= 4 is 17.3 Å². The number of nitrogens with zero attached hydrogens (tertiary/aromatic N) is 1. The van der Waals surface area contributed by atoms with Gasteiger partial charge in [0.25, 0.3) is 0 Å². The Balaban J connectivity index is 2.46. The molecule has 4 heteroatoms. The molecule has 0 saturated heterocycles. The number of rotatable bonds is 2. The lowest BCUT2D eigenvalue weighted by Crippen LogP contribution is -2.19. The highest BCUT2D eigenvalue weighted by Gasteiger charge is 2.31. The predicted octanol–water partition coefficient (Wildman–Crippen LogP) is 4.51. The average molecular weight is 270 g/mol. The molecule has 98 valence electrons. The summed E-state index contributed by atoms with van der Waals surface area (Å²) >= 11 is 6.35. The summed E-state index contributed by atoms with van der Waals surface area (Å²) in [6.07, 6.45) is 0.633. The number of hydrogen-bond donors (Lipinski definition) is 0. The minimum Gasteiger partial charge on any atom is -0.389 e. The second-order valence-corrected chi connectivity index (χ2v) is 5.95. The number of hydrogen-bond acceptors (Lipinski definition) is 2. The van der Waals surface area contributed by atoms with E-state index in [1.54, 1.807) is 0 Å². The zero-order chi connectivity index (χ0) is 13.5. The van der Waals surface area contributed by atoms with Crippen molar-refractivity contribution in [1.29, 1.82) is 0 Å². The number of halogens is 2. The molecule has 0 atom stereocenters. The zero-order valence-electron chi connectivity index (χ0n) is 11.1. The fraction of sp³-hybridized carbons (Fsp3) is 0.500. The molecule has 0 bridgehead atoms. The Morgan fingerprint density at radius 3 is 2.56 bits per heavy atom. The van der Waals surface area contributed by atoms with Crippen LogP contribution in [0.2, 0.25) is 5.02 Å². The Bertz CT molecular complexity index is 509. The van der Waals surface area contributed by atoms with Crippen molar-refractivity contribution in [2.24, 2.45) is 5.16 Å². The van der Waals surface area contributed by atoms with Gasteiger partial charge in [-0.2, -0.15) is 0 Å². The van der Waals surface area contributed by atoms with Crippen LogP contribution in [0.4, 0.5) is 4.39 Å². The monoisotopic (exact) mass is 269 g/mol. The topological polar surface area (TPSA) is 21.6 Å². The molecule has 0 N–H and O–H groups in total. The van der Waals surface area contributed by atoms with Crippen LogP contribution in [0.1, 0.15) is 51.2 Å². The van der Waals surface area contributed by atoms with E-state index in [0.29, 0.717) is 22.7 Å². The molecule has 0 amide bonds. The van der Waals surface area contributed by atoms with Gasteiger partial charge in [0.05, 0.1) is 10.7 Å². The van der Waals surface area contributed by atoms with Gasteiger partial charge in [-0.15, -0.1) is 0 Å². The van der Waals surface area contributed by atoms with Gasteiger partial charge >= 0.3 is 0 Å². The molecule has 0 spiro atoms. The standard InChI is InChI=1S/C14H17ClFNO/c1-8(2)10-5-9(16)6-11(13(10)15)12-7-14(3,4)18-17-12/h5-6,8H,7H2,1-4H3. The minimum atomic E-state index is -0.344. The van der Waals surface area contributed by atoms with Crippen LogP contribution in [0.5, 0.6) is 0 Å². The summed E-state index contributed by atoms with van der Waals surface area (Å²) in [7, 11) is 0. The fourth-order valence-corrected chi connectivity index (χ4v) is 2.47. The summed E-state index contributed by atoms with van der Waals surface area (Å²) in [6, 6.07) is 2.91. The van der Waals surface area contributed by atoms with Gasteiger partial charge in [0.1, 0.15) is 11.4 Å². The van der Waals surface area contributed by atoms with Gasteiger partial charge < -0.3 is 4.84 Å². The first-order valence-electron chi connectivity index (χ1n) is 6.04. The highest BCUT2D eigenvalue weighted by Crippen LogP contribution is 2.33. The lowest BCUT2D eigenvalue weighted by Gasteiger charge is -2.15. The predicted molar refractivity (Wildman–Crippen MR) is 71.8 cm³/mol. The van der Waals surface area contributed by atoms with E-state index in [2.05, 4.69) is 5.16 Å². The van der Waals surface area contributed by atoms with E-state index in [4.69, 9.17) is 16.4 Å². The molecular formula is C14H17ClFNO. The van der Waals surface area contributed by atoms with Crippen molar-refractivity contribution in [2.45, 2.75) is 45.6 Å². The molecule has 0 fully saturated rings. The number of benzene rings is 1. The first kappa shape index (κ1) is 13.3. The van der Waals surface area contributed by atoms with Crippen LogP contribution in [0.15, 0.2) is 17.3 Å². The van der Waals surface area contributed by atoms with Gasteiger partial charge in [-0.05, 0) is 37.5 Å². The van der Waals surface area contributed by atoms with Crippen LogP contribution >= 0.6 is 11.6 Å². The van der Waals surface area contributed by atoms with Crippen molar-refractivity contribution < 1.29 is 9.23 Å². The molecule has 1 aliphatic heterocycles. The van der Waals surface area contributed by atoms with Crippen LogP contribution in [0.25, 0.3) is 0 Å². The van der Waals surface area contributed by atoms with Crippen molar-refractivity contribution in [2.75, 3.05) is 0 Å². The normalized spacial score (nSPS) is 17.8. The molecule has 1 aliphatic rings. The third-order valence-electron chi connectivity index (χ3n) is 2.99. The first-order chi connectivity index (χ1) is 8.30. The van der Waals surface area contributed by atoms with E-state index in [1.807, 2.05) is 27.7 Å². The van der Waals surface area contributed by atoms with Crippen molar-refractivity contribution in [1.82, 2.24) is 0 Å². The van der Waals surface area contributed by atoms with Crippen molar-refractivity contribution in [3.05, 3.63) is 34.1 Å². The second-order valence-electron chi connectivity index (χ2n) is 5.58. The molecule has 0 aromatic heterocycles. The number of oxime groups is 1. The van der Waals surface area contributed by atoms with Crippen LogP contribution in [-0.4, -0.2) is 11.3 Å². The lowest BCUT2D eigenvalue weighted by atomic mass is 9.94. The van der Waals surface area contributed by atoms with E-state index in [1.165, 1.54) is 12.1 Å². The quantitative estimate of drug-likeness (QED) is 0.774. The lowest BCUT2D eigenvalue weighted by molar-refractivity contribution is 0.0123. The maximum atomic E-state index is 13.7. The Morgan fingerprint density at radius 1 is 1.39 bits per heavy atom. The van der Waals surface area contributed by atoms with E-state index >= 15 is 0 Å². The molecule has 1 aromatic carbocycles. The van der Waals surface area contributed by atoms with E-state index < -0.39 is 0 Å². The molecule has 1 heterocycles. The SMILES string of the molecule is CC(C)c1cc(F)cc(C2=NOC(C)(C)C2)c1Cl. The summed E-state index contributed by atoms with van der Waals surface area (Å²) in [5, 5.41) is 4.60. The Hall–Kier alpha value is -1.09. The van der Waals surface area contributed by atoms with Gasteiger partial charge in [0.2, 0.25) is 0 Å². The third-order valence-corrected chi connectivity index (χ3v) is 3.42. The Kier molecular flexibility index (Phi) is 3.37. The average Bonchev–Trinajstić information content (AvgIpc) is 2.61. The highest BCUT2D eigenvalue weighted by molar-refractivity contribution is 6.35.